The van der Waals surface area contributed by atoms with E-state index in [4.69, 9.17) is 9.47 Å². The number of nitrogens with zero attached hydrogens (tertiary/aromatic N) is 1. The molecule has 0 saturated heterocycles. The van der Waals surface area contributed by atoms with Crippen LogP contribution in [0.15, 0.2) is 53.0 Å². The molecule has 0 aromatic heterocycles. The second-order valence-electron chi connectivity index (χ2n) is 5.76. The van der Waals surface area contributed by atoms with Crippen molar-refractivity contribution in [3.63, 3.8) is 0 Å². The number of carbonyl (C=O) groups excluding carboxylic acids is 1. The van der Waals surface area contributed by atoms with E-state index in [0.29, 0.717) is 12.4 Å². The summed E-state index contributed by atoms with van der Waals surface area (Å²) in [6.45, 7) is 0.602. The Hall–Kier alpha value is -2.05. The molecule has 2 aromatic rings. The lowest BCUT2D eigenvalue weighted by atomic mass is 10.0. The monoisotopic (exact) mass is 406 g/mol. The minimum Gasteiger partial charge on any atom is -0.494 e. The predicted octanol–water partition coefficient (Wildman–Crippen LogP) is 4.24. The highest BCUT2D eigenvalue weighted by Crippen LogP contribution is 2.22. The summed E-state index contributed by atoms with van der Waals surface area (Å²) in [5.74, 6) is 1.38. The van der Waals surface area contributed by atoms with Gasteiger partial charge in [0.1, 0.15) is 11.5 Å². The standard InChI is InChI=1S/C19H23BrN2O3/c1-21-18(12-13-24-16-10-6-15(20)7-11-16)14-4-8-17(9-5-14)25-19(23)22(2)3/h4-11,18,21H,12-13H2,1-3H3. The van der Waals surface area contributed by atoms with Crippen LogP contribution in [0.5, 0.6) is 11.5 Å². The highest BCUT2D eigenvalue weighted by molar-refractivity contribution is 9.10. The number of carbonyl (C=O) groups is 1. The first kappa shape index (κ1) is 19.3. The second-order valence-corrected chi connectivity index (χ2v) is 6.68. The molecule has 2 rings (SSSR count). The van der Waals surface area contributed by atoms with Gasteiger partial charge in [0.2, 0.25) is 0 Å². The van der Waals surface area contributed by atoms with Crippen molar-refractivity contribution in [1.29, 1.82) is 0 Å². The zero-order chi connectivity index (χ0) is 18.2. The van der Waals surface area contributed by atoms with E-state index in [0.717, 1.165) is 22.2 Å². The van der Waals surface area contributed by atoms with Gasteiger partial charge in [-0.05, 0) is 49.0 Å². The summed E-state index contributed by atoms with van der Waals surface area (Å²) >= 11 is 3.41. The summed E-state index contributed by atoms with van der Waals surface area (Å²) in [6, 6.07) is 15.5. The molecule has 1 amide bonds. The van der Waals surface area contributed by atoms with Gasteiger partial charge in [0.05, 0.1) is 6.61 Å². The molecule has 0 aliphatic carbocycles. The largest absolute Gasteiger partial charge is 0.494 e. The molecular weight excluding hydrogens is 384 g/mol. The fourth-order valence-corrected chi connectivity index (χ4v) is 2.53. The van der Waals surface area contributed by atoms with E-state index in [1.54, 1.807) is 26.2 Å². The molecule has 134 valence electrons. The maximum Gasteiger partial charge on any atom is 0.414 e. The number of nitrogens with one attached hydrogen (secondary N) is 1. The molecule has 0 saturated carbocycles. The Morgan fingerprint density at radius 2 is 1.68 bits per heavy atom. The van der Waals surface area contributed by atoms with Crippen LogP contribution in [-0.2, 0) is 0 Å². The van der Waals surface area contributed by atoms with Crippen LogP contribution in [0.25, 0.3) is 0 Å². The molecule has 1 unspecified atom stereocenters. The summed E-state index contributed by atoms with van der Waals surface area (Å²) in [5, 5.41) is 3.29. The summed E-state index contributed by atoms with van der Waals surface area (Å²) in [4.78, 5) is 12.9. The average Bonchev–Trinajstić information content (AvgIpc) is 2.61. The number of rotatable bonds is 7. The van der Waals surface area contributed by atoms with Crippen LogP contribution < -0.4 is 14.8 Å². The topological polar surface area (TPSA) is 50.8 Å². The smallest absolute Gasteiger partial charge is 0.414 e. The fraction of sp³-hybridized carbons (Fsp3) is 0.316. The molecule has 0 heterocycles. The highest BCUT2D eigenvalue weighted by Gasteiger charge is 2.11. The average molecular weight is 407 g/mol. The lowest BCUT2D eigenvalue weighted by Gasteiger charge is -2.18. The second kappa shape index (κ2) is 9.44. The Balaban J connectivity index is 1.89. The fourth-order valence-electron chi connectivity index (χ4n) is 2.26. The van der Waals surface area contributed by atoms with Gasteiger partial charge in [0, 0.05) is 31.0 Å². The summed E-state index contributed by atoms with van der Waals surface area (Å²) in [6.07, 6.45) is 0.435. The quantitative estimate of drug-likeness (QED) is 0.746. The molecule has 0 spiro atoms. The lowest BCUT2D eigenvalue weighted by molar-refractivity contribution is 0.172. The minimum atomic E-state index is -0.388. The van der Waals surface area contributed by atoms with Crippen molar-refractivity contribution in [3.05, 3.63) is 58.6 Å². The number of ether oxygens (including phenoxy) is 2. The van der Waals surface area contributed by atoms with Crippen molar-refractivity contribution in [2.75, 3.05) is 27.7 Å². The first-order valence-electron chi connectivity index (χ1n) is 8.04. The number of amides is 1. The normalized spacial score (nSPS) is 11.7. The van der Waals surface area contributed by atoms with Gasteiger partial charge in [-0.15, -0.1) is 0 Å². The van der Waals surface area contributed by atoms with Gasteiger partial charge in [-0.3, -0.25) is 0 Å². The Morgan fingerprint density at radius 3 is 2.24 bits per heavy atom. The van der Waals surface area contributed by atoms with Crippen LogP contribution in [-0.4, -0.2) is 38.7 Å². The van der Waals surface area contributed by atoms with Gasteiger partial charge in [0.15, 0.2) is 0 Å². The molecule has 2 aromatic carbocycles. The van der Waals surface area contributed by atoms with E-state index in [1.807, 2.05) is 43.4 Å². The highest BCUT2D eigenvalue weighted by atomic mass is 79.9. The van der Waals surface area contributed by atoms with Gasteiger partial charge in [0.25, 0.3) is 0 Å². The lowest BCUT2D eigenvalue weighted by Crippen LogP contribution is -2.25. The SMILES string of the molecule is CNC(CCOc1ccc(Br)cc1)c1ccc(OC(=O)N(C)C)cc1. The Labute approximate surface area is 157 Å². The van der Waals surface area contributed by atoms with Crippen LogP contribution in [0.2, 0.25) is 0 Å². The zero-order valence-corrected chi connectivity index (χ0v) is 16.2. The van der Waals surface area contributed by atoms with Gasteiger partial charge in [-0.2, -0.15) is 0 Å². The van der Waals surface area contributed by atoms with E-state index in [1.165, 1.54) is 4.90 Å². The number of hydrogen-bond donors (Lipinski definition) is 1. The van der Waals surface area contributed by atoms with Crippen LogP contribution in [0, 0.1) is 0 Å². The van der Waals surface area contributed by atoms with Crippen LogP contribution in [0.4, 0.5) is 4.79 Å². The van der Waals surface area contributed by atoms with Crippen LogP contribution in [0.3, 0.4) is 0 Å². The van der Waals surface area contributed by atoms with E-state index in [2.05, 4.69) is 21.2 Å². The van der Waals surface area contributed by atoms with Crippen molar-refractivity contribution < 1.29 is 14.3 Å². The Kier molecular flexibility index (Phi) is 7.28. The van der Waals surface area contributed by atoms with Gasteiger partial charge in [-0.25, -0.2) is 4.79 Å². The molecular formula is C19H23BrN2O3. The first-order valence-corrected chi connectivity index (χ1v) is 8.83. The summed E-state index contributed by atoms with van der Waals surface area (Å²) in [5.41, 5.74) is 1.12. The van der Waals surface area contributed by atoms with E-state index >= 15 is 0 Å². The van der Waals surface area contributed by atoms with Crippen LogP contribution in [0.1, 0.15) is 18.0 Å². The molecule has 6 heteroatoms. The van der Waals surface area contributed by atoms with Crippen molar-refractivity contribution in [2.45, 2.75) is 12.5 Å². The summed E-state index contributed by atoms with van der Waals surface area (Å²) < 4.78 is 12.0. The number of benzene rings is 2. The number of halogens is 1. The Bertz CT molecular complexity index is 672. The van der Waals surface area contributed by atoms with E-state index in [9.17, 15) is 4.79 Å². The third-order valence-corrected chi connectivity index (χ3v) is 4.22. The van der Waals surface area contributed by atoms with Crippen molar-refractivity contribution in [2.24, 2.45) is 0 Å². The summed E-state index contributed by atoms with van der Waals surface area (Å²) in [7, 11) is 5.22. The van der Waals surface area contributed by atoms with Crippen molar-refractivity contribution in [3.8, 4) is 11.5 Å². The predicted molar refractivity (Wildman–Crippen MR) is 102 cm³/mol. The third kappa shape index (κ3) is 6.07. The van der Waals surface area contributed by atoms with Crippen molar-refractivity contribution >= 4 is 22.0 Å². The molecule has 0 fully saturated rings. The maximum atomic E-state index is 11.6. The van der Waals surface area contributed by atoms with Gasteiger partial charge >= 0.3 is 6.09 Å². The minimum absolute atomic E-state index is 0.161. The van der Waals surface area contributed by atoms with Crippen LogP contribution >= 0.6 is 15.9 Å². The van der Waals surface area contributed by atoms with Gasteiger partial charge < -0.3 is 19.7 Å². The Morgan fingerprint density at radius 1 is 1.08 bits per heavy atom. The maximum absolute atomic E-state index is 11.6. The third-order valence-electron chi connectivity index (χ3n) is 3.69. The molecule has 0 aliphatic rings. The van der Waals surface area contributed by atoms with Crippen molar-refractivity contribution in [1.82, 2.24) is 10.2 Å². The molecule has 0 aliphatic heterocycles. The molecule has 0 radical (unpaired) electrons. The molecule has 0 bridgehead atoms. The van der Waals surface area contributed by atoms with E-state index < -0.39 is 0 Å². The zero-order valence-electron chi connectivity index (χ0n) is 14.7. The first-order chi connectivity index (χ1) is 12.0. The molecule has 5 nitrogen and oxygen atoms in total. The molecule has 1 atom stereocenters. The number of hydrogen-bond acceptors (Lipinski definition) is 4. The van der Waals surface area contributed by atoms with E-state index in [-0.39, 0.29) is 12.1 Å². The molecule has 1 N–H and O–H groups in total. The molecule has 25 heavy (non-hydrogen) atoms. The van der Waals surface area contributed by atoms with Gasteiger partial charge in [-0.1, -0.05) is 28.1 Å².